The van der Waals surface area contributed by atoms with Crippen molar-refractivity contribution < 1.29 is 36.3 Å². The molecule has 0 fully saturated rings. The Hall–Kier alpha value is -4.88. The number of nitrogens with zero attached hydrogens (tertiary/aromatic N) is 3. The molecular weight excluding hydrogens is 589 g/mol. The Kier molecular flexibility index (Phi) is 9.30. The number of hydrogen-bond acceptors (Lipinski definition) is 7. The Bertz CT molecular complexity index is 1770. The van der Waals surface area contributed by atoms with Crippen molar-refractivity contribution in [1.29, 1.82) is 0 Å². The van der Waals surface area contributed by atoms with E-state index >= 15 is 0 Å². The van der Waals surface area contributed by atoms with Crippen molar-refractivity contribution in [2.75, 3.05) is 12.4 Å². The summed E-state index contributed by atoms with van der Waals surface area (Å²) in [5, 5.41) is 4.80. The topological polar surface area (TPSA) is 115 Å². The van der Waals surface area contributed by atoms with Crippen molar-refractivity contribution in [3.63, 3.8) is 0 Å². The lowest BCUT2D eigenvalue weighted by Gasteiger charge is -2.22. The van der Waals surface area contributed by atoms with Gasteiger partial charge in [-0.15, -0.1) is 0 Å². The van der Waals surface area contributed by atoms with E-state index in [1.807, 2.05) is 5.32 Å². The number of aryl methyl sites for hydroxylation is 2. The Labute approximate surface area is 248 Å². The van der Waals surface area contributed by atoms with Crippen LogP contribution in [-0.4, -0.2) is 51.8 Å². The molecule has 0 aliphatic carbocycles. The van der Waals surface area contributed by atoms with Crippen molar-refractivity contribution in [3.05, 3.63) is 87.6 Å². The second-order valence-electron chi connectivity index (χ2n) is 10.0. The second-order valence-corrected chi connectivity index (χ2v) is 10.0. The minimum absolute atomic E-state index is 0.157. The molecule has 0 saturated carbocycles. The maximum absolute atomic E-state index is 14.9. The fraction of sp³-hybridized carbons (Fsp3) is 0.300. The molecule has 0 aliphatic heterocycles. The zero-order valence-corrected chi connectivity index (χ0v) is 24.1. The second kappa shape index (κ2) is 12.8. The van der Waals surface area contributed by atoms with Crippen LogP contribution in [0.15, 0.2) is 53.6 Å². The Balaban J connectivity index is 1.66. The molecule has 0 unspecified atom stereocenters. The summed E-state index contributed by atoms with van der Waals surface area (Å²) < 4.78 is 75.4. The SMILES string of the molecule is CC[C@@H](Nc1cc(F)c(C(=O)N[C@@H](Cc2ccc(-c3nc(C)cn(C)c3=O)c3ncccc23)C(=O)OC)c(F)c1)C(F)(F)F. The average Bonchev–Trinajstić information content (AvgIpc) is 2.96. The maximum atomic E-state index is 14.9. The molecule has 232 valence electrons. The number of alkyl halides is 3. The van der Waals surface area contributed by atoms with Crippen LogP contribution in [0.25, 0.3) is 22.2 Å². The molecule has 14 heteroatoms. The number of rotatable bonds is 9. The highest BCUT2D eigenvalue weighted by atomic mass is 19.4. The number of carbonyl (C=O) groups excluding carboxylic acids is 2. The van der Waals surface area contributed by atoms with Gasteiger partial charge in [-0.3, -0.25) is 14.6 Å². The van der Waals surface area contributed by atoms with Crippen LogP contribution in [0.1, 0.15) is 35.0 Å². The summed E-state index contributed by atoms with van der Waals surface area (Å²) in [7, 11) is 2.66. The molecule has 2 atom stereocenters. The van der Waals surface area contributed by atoms with Crippen LogP contribution in [0, 0.1) is 18.6 Å². The van der Waals surface area contributed by atoms with Gasteiger partial charge in [-0.2, -0.15) is 13.2 Å². The number of benzene rings is 2. The van der Waals surface area contributed by atoms with Gasteiger partial charge in [-0.25, -0.2) is 18.6 Å². The summed E-state index contributed by atoms with van der Waals surface area (Å²) in [6.07, 6.45) is -2.18. The van der Waals surface area contributed by atoms with Gasteiger partial charge in [-0.1, -0.05) is 25.1 Å². The van der Waals surface area contributed by atoms with Gasteiger partial charge in [0, 0.05) is 42.5 Å². The number of nitrogens with one attached hydrogen (secondary N) is 2. The van der Waals surface area contributed by atoms with Gasteiger partial charge < -0.3 is 19.9 Å². The van der Waals surface area contributed by atoms with Crippen LogP contribution in [0.5, 0.6) is 0 Å². The van der Waals surface area contributed by atoms with Gasteiger partial charge in [0.1, 0.15) is 35.0 Å². The first-order valence-electron chi connectivity index (χ1n) is 13.4. The van der Waals surface area contributed by atoms with Crippen molar-refractivity contribution in [2.24, 2.45) is 7.05 Å². The van der Waals surface area contributed by atoms with Crippen LogP contribution in [0.4, 0.5) is 27.6 Å². The number of ether oxygens (including phenoxy) is 1. The molecule has 0 aliphatic rings. The standard InChI is InChI=1S/C30H28F5N5O4/c1-5-23(30(33,34)35)38-17-12-20(31)24(21(32)13-17)27(41)39-22(29(43)44-4)11-16-8-9-19(25-18(16)7-6-10-36-25)26-28(42)40(3)14-15(2)37-26/h6-10,12-14,22-23,38H,5,11H2,1-4H3,(H,39,41)/t22-,23+/m0/s1. The lowest BCUT2D eigenvalue weighted by Crippen LogP contribution is -2.43. The van der Waals surface area contributed by atoms with Gasteiger partial charge >= 0.3 is 12.1 Å². The Morgan fingerprint density at radius 3 is 2.41 bits per heavy atom. The van der Waals surface area contributed by atoms with E-state index < -0.39 is 59.4 Å². The first-order valence-corrected chi connectivity index (χ1v) is 13.4. The predicted octanol–water partition coefficient (Wildman–Crippen LogP) is 4.85. The third-order valence-electron chi connectivity index (χ3n) is 6.94. The lowest BCUT2D eigenvalue weighted by atomic mass is 9.97. The quantitative estimate of drug-likeness (QED) is 0.204. The van der Waals surface area contributed by atoms with Gasteiger partial charge in [-0.05, 0) is 37.1 Å². The number of methoxy groups -OCH3 is 1. The minimum atomic E-state index is -4.67. The van der Waals surface area contributed by atoms with Crippen LogP contribution < -0.4 is 16.2 Å². The highest BCUT2D eigenvalue weighted by Gasteiger charge is 2.38. The number of anilines is 1. The van der Waals surface area contributed by atoms with Gasteiger partial charge in [0.2, 0.25) is 0 Å². The highest BCUT2D eigenvalue weighted by Crippen LogP contribution is 2.29. The van der Waals surface area contributed by atoms with E-state index in [1.54, 1.807) is 44.4 Å². The van der Waals surface area contributed by atoms with E-state index in [2.05, 4.69) is 15.3 Å². The molecule has 2 heterocycles. The molecule has 0 radical (unpaired) electrons. The van der Waals surface area contributed by atoms with Gasteiger partial charge in [0.05, 0.1) is 18.3 Å². The third kappa shape index (κ3) is 6.68. The normalized spacial score (nSPS) is 12.9. The Morgan fingerprint density at radius 2 is 1.80 bits per heavy atom. The maximum Gasteiger partial charge on any atom is 0.408 e. The predicted molar refractivity (Wildman–Crippen MR) is 152 cm³/mol. The average molecular weight is 618 g/mol. The summed E-state index contributed by atoms with van der Waals surface area (Å²) in [5.41, 5.74) is 0.0946. The van der Waals surface area contributed by atoms with Crippen molar-refractivity contribution in [3.8, 4) is 11.3 Å². The summed E-state index contributed by atoms with van der Waals surface area (Å²) in [6.45, 7) is 2.98. The molecule has 44 heavy (non-hydrogen) atoms. The number of pyridine rings is 1. The van der Waals surface area contributed by atoms with E-state index in [9.17, 15) is 36.3 Å². The first-order chi connectivity index (χ1) is 20.7. The number of amides is 1. The van der Waals surface area contributed by atoms with Crippen molar-refractivity contribution in [2.45, 2.75) is 44.9 Å². The molecule has 0 spiro atoms. The van der Waals surface area contributed by atoms with Crippen LogP contribution in [0.2, 0.25) is 0 Å². The van der Waals surface area contributed by atoms with Crippen LogP contribution in [0.3, 0.4) is 0 Å². The number of aromatic nitrogens is 3. The lowest BCUT2D eigenvalue weighted by molar-refractivity contribution is -0.143. The number of hydrogen-bond donors (Lipinski definition) is 2. The molecule has 0 bridgehead atoms. The smallest absolute Gasteiger partial charge is 0.408 e. The molecule has 9 nitrogen and oxygen atoms in total. The van der Waals surface area contributed by atoms with Crippen LogP contribution >= 0.6 is 0 Å². The molecule has 2 N–H and O–H groups in total. The molecule has 2 aromatic carbocycles. The fourth-order valence-electron chi connectivity index (χ4n) is 4.81. The summed E-state index contributed by atoms with van der Waals surface area (Å²) in [6, 6.07) is 4.17. The van der Waals surface area contributed by atoms with Crippen LogP contribution in [-0.2, 0) is 23.0 Å². The molecular formula is C30H28F5N5O4. The Morgan fingerprint density at radius 1 is 1.11 bits per heavy atom. The minimum Gasteiger partial charge on any atom is -0.467 e. The summed E-state index contributed by atoms with van der Waals surface area (Å²) in [5.74, 6) is -5.12. The monoisotopic (exact) mass is 617 g/mol. The zero-order chi connectivity index (χ0) is 32.3. The summed E-state index contributed by atoms with van der Waals surface area (Å²) >= 11 is 0. The van der Waals surface area contributed by atoms with Gasteiger partial charge in [0.25, 0.3) is 11.5 Å². The molecule has 1 amide bonds. The number of carbonyl (C=O) groups is 2. The fourth-order valence-corrected chi connectivity index (χ4v) is 4.81. The molecule has 4 rings (SSSR count). The van der Waals surface area contributed by atoms with Gasteiger partial charge in [0.15, 0.2) is 0 Å². The number of esters is 1. The van der Waals surface area contributed by atoms with Crippen molar-refractivity contribution >= 4 is 28.5 Å². The van der Waals surface area contributed by atoms with E-state index in [1.165, 1.54) is 17.7 Å². The largest absolute Gasteiger partial charge is 0.467 e. The first kappa shape index (κ1) is 32.0. The van der Waals surface area contributed by atoms with E-state index in [0.29, 0.717) is 39.9 Å². The molecule has 2 aromatic heterocycles. The molecule has 0 saturated heterocycles. The zero-order valence-electron chi connectivity index (χ0n) is 24.1. The summed E-state index contributed by atoms with van der Waals surface area (Å²) in [4.78, 5) is 47.3. The number of fused-ring (bicyclic) bond motifs is 1. The van der Waals surface area contributed by atoms with Crippen molar-refractivity contribution in [1.82, 2.24) is 19.9 Å². The molecule has 4 aromatic rings. The van der Waals surface area contributed by atoms with E-state index in [-0.39, 0.29) is 17.7 Å². The highest BCUT2D eigenvalue weighted by molar-refractivity contribution is 5.98. The number of halogens is 5. The van der Waals surface area contributed by atoms with E-state index in [0.717, 1.165) is 7.11 Å². The third-order valence-corrected chi connectivity index (χ3v) is 6.94. The van der Waals surface area contributed by atoms with E-state index in [4.69, 9.17) is 4.74 Å².